The summed E-state index contributed by atoms with van der Waals surface area (Å²) in [5.41, 5.74) is 0.946. The van der Waals surface area contributed by atoms with E-state index < -0.39 is 5.97 Å². The molecule has 0 aliphatic rings. The highest BCUT2D eigenvalue weighted by atomic mass is 32.1. The minimum absolute atomic E-state index is 0.00862. The Kier molecular flexibility index (Phi) is 4.04. The summed E-state index contributed by atoms with van der Waals surface area (Å²) in [6.45, 7) is 3.83. The van der Waals surface area contributed by atoms with Crippen molar-refractivity contribution < 1.29 is 14.7 Å². The third-order valence-corrected chi connectivity index (χ3v) is 3.25. The molecule has 2 rings (SSSR count). The Hall–Kier alpha value is -2.35. The van der Waals surface area contributed by atoms with E-state index in [0.29, 0.717) is 16.3 Å². The SMILES string of the molecule is CC(C)c1nnsc1C(=O)Nc1cncc(C(=O)O)c1. The minimum atomic E-state index is -1.10. The second-order valence-corrected chi connectivity index (χ2v) is 5.12. The van der Waals surface area contributed by atoms with Crippen molar-refractivity contribution in [2.45, 2.75) is 19.8 Å². The van der Waals surface area contributed by atoms with Crippen LogP contribution < -0.4 is 5.32 Å². The van der Waals surface area contributed by atoms with Crippen LogP contribution in [0, 0.1) is 0 Å². The van der Waals surface area contributed by atoms with Crippen LogP contribution >= 0.6 is 11.5 Å². The van der Waals surface area contributed by atoms with Crippen LogP contribution in [0.4, 0.5) is 5.69 Å². The molecule has 7 nitrogen and oxygen atoms in total. The second kappa shape index (κ2) is 5.74. The number of rotatable bonds is 4. The van der Waals surface area contributed by atoms with Crippen molar-refractivity contribution in [2.75, 3.05) is 5.32 Å². The van der Waals surface area contributed by atoms with Gasteiger partial charge in [0.05, 0.1) is 23.1 Å². The summed E-state index contributed by atoms with van der Waals surface area (Å²) in [6, 6.07) is 1.34. The monoisotopic (exact) mass is 292 g/mol. The van der Waals surface area contributed by atoms with Gasteiger partial charge in [-0.15, -0.1) is 5.10 Å². The lowest BCUT2D eigenvalue weighted by Gasteiger charge is -2.06. The zero-order valence-electron chi connectivity index (χ0n) is 10.8. The number of aromatic carboxylic acids is 1. The largest absolute Gasteiger partial charge is 0.478 e. The molecule has 2 N–H and O–H groups in total. The number of anilines is 1. The number of carbonyl (C=O) groups is 2. The Morgan fingerprint density at radius 1 is 1.35 bits per heavy atom. The number of amides is 1. The Labute approximate surface area is 118 Å². The summed E-state index contributed by atoms with van der Waals surface area (Å²) >= 11 is 1.01. The molecule has 2 aromatic rings. The van der Waals surface area contributed by atoms with Crippen molar-refractivity contribution in [3.8, 4) is 0 Å². The Morgan fingerprint density at radius 3 is 2.75 bits per heavy atom. The maximum atomic E-state index is 12.1. The quantitative estimate of drug-likeness (QED) is 0.893. The molecule has 104 valence electrons. The Balaban J connectivity index is 2.21. The van der Waals surface area contributed by atoms with E-state index in [1.165, 1.54) is 18.5 Å². The summed E-state index contributed by atoms with van der Waals surface area (Å²) in [5.74, 6) is -1.39. The predicted molar refractivity (Wildman–Crippen MR) is 73.1 cm³/mol. The van der Waals surface area contributed by atoms with Crippen molar-refractivity contribution >= 4 is 29.1 Å². The zero-order chi connectivity index (χ0) is 14.7. The van der Waals surface area contributed by atoms with Gasteiger partial charge < -0.3 is 10.4 Å². The molecule has 0 spiro atoms. The molecule has 2 aromatic heterocycles. The van der Waals surface area contributed by atoms with Gasteiger partial charge in [0.1, 0.15) is 4.88 Å². The molecule has 0 radical (unpaired) electrons. The van der Waals surface area contributed by atoms with Crippen molar-refractivity contribution in [2.24, 2.45) is 0 Å². The van der Waals surface area contributed by atoms with E-state index in [2.05, 4.69) is 19.9 Å². The van der Waals surface area contributed by atoms with Crippen molar-refractivity contribution in [3.05, 3.63) is 34.6 Å². The molecule has 1 amide bonds. The normalized spacial score (nSPS) is 10.6. The lowest BCUT2D eigenvalue weighted by Crippen LogP contribution is -2.13. The second-order valence-electron chi connectivity index (χ2n) is 4.36. The molecule has 0 unspecified atom stereocenters. The van der Waals surface area contributed by atoms with E-state index in [-0.39, 0.29) is 17.4 Å². The van der Waals surface area contributed by atoms with E-state index in [1.807, 2.05) is 13.8 Å². The lowest BCUT2D eigenvalue weighted by molar-refractivity contribution is 0.0696. The third kappa shape index (κ3) is 2.97. The van der Waals surface area contributed by atoms with Crippen molar-refractivity contribution in [1.29, 1.82) is 0 Å². The van der Waals surface area contributed by atoms with Gasteiger partial charge in [-0.05, 0) is 23.5 Å². The van der Waals surface area contributed by atoms with Crippen LogP contribution in [0.15, 0.2) is 18.5 Å². The molecule has 2 heterocycles. The standard InChI is InChI=1S/C12H12N4O3S/c1-6(2)9-10(20-16-15-9)11(17)14-8-3-7(12(18)19)4-13-5-8/h3-6H,1-2H3,(H,14,17)(H,18,19). The van der Waals surface area contributed by atoms with Crippen LogP contribution in [0.25, 0.3) is 0 Å². The highest BCUT2D eigenvalue weighted by Crippen LogP contribution is 2.21. The molecule has 0 aromatic carbocycles. The van der Waals surface area contributed by atoms with Gasteiger partial charge in [-0.3, -0.25) is 9.78 Å². The van der Waals surface area contributed by atoms with Gasteiger partial charge in [0.15, 0.2) is 0 Å². The number of nitrogens with zero attached hydrogens (tertiary/aromatic N) is 3. The van der Waals surface area contributed by atoms with Gasteiger partial charge in [0, 0.05) is 6.20 Å². The first kappa shape index (κ1) is 14.1. The van der Waals surface area contributed by atoms with E-state index in [9.17, 15) is 9.59 Å². The molecule has 0 fully saturated rings. The van der Waals surface area contributed by atoms with Crippen molar-refractivity contribution in [1.82, 2.24) is 14.6 Å². The number of nitrogens with one attached hydrogen (secondary N) is 1. The van der Waals surface area contributed by atoms with Crippen LogP contribution in [0.2, 0.25) is 0 Å². The fourth-order valence-corrected chi connectivity index (χ4v) is 2.26. The summed E-state index contributed by atoms with van der Waals surface area (Å²) in [7, 11) is 0. The molecule has 0 bridgehead atoms. The Bertz CT molecular complexity index is 654. The molecule has 0 saturated carbocycles. The lowest BCUT2D eigenvalue weighted by atomic mass is 10.1. The van der Waals surface area contributed by atoms with E-state index in [0.717, 1.165) is 11.5 Å². The smallest absolute Gasteiger partial charge is 0.337 e. The summed E-state index contributed by atoms with van der Waals surface area (Å²) in [6.07, 6.45) is 2.60. The molecular formula is C12H12N4O3S. The molecule has 0 aliphatic carbocycles. The summed E-state index contributed by atoms with van der Waals surface area (Å²) in [4.78, 5) is 27.2. The van der Waals surface area contributed by atoms with E-state index in [4.69, 9.17) is 5.11 Å². The van der Waals surface area contributed by atoms with Crippen LogP contribution in [0.1, 0.15) is 45.5 Å². The molecule has 0 saturated heterocycles. The van der Waals surface area contributed by atoms with Crippen LogP contribution in [0.5, 0.6) is 0 Å². The first-order valence-electron chi connectivity index (χ1n) is 5.81. The molecular weight excluding hydrogens is 280 g/mol. The summed E-state index contributed by atoms with van der Waals surface area (Å²) in [5, 5.41) is 15.4. The average Bonchev–Trinajstić information content (AvgIpc) is 2.88. The first-order chi connectivity index (χ1) is 9.49. The molecule has 8 heteroatoms. The summed E-state index contributed by atoms with van der Waals surface area (Å²) < 4.78 is 3.77. The molecule has 0 aliphatic heterocycles. The van der Waals surface area contributed by atoms with Crippen LogP contribution in [-0.2, 0) is 0 Å². The fraction of sp³-hybridized carbons (Fsp3) is 0.250. The van der Waals surface area contributed by atoms with Crippen molar-refractivity contribution in [3.63, 3.8) is 0 Å². The third-order valence-electron chi connectivity index (χ3n) is 2.51. The maximum Gasteiger partial charge on any atom is 0.337 e. The highest BCUT2D eigenvalue weighted by molar-refractivity contribution is 7.08. The average molecular weight is 292 g/mol. The highest BCUT2D eigenvalue weighted by Gasteiger charge is 2.19. The maximum absolute atomic E-state index is 12.1. The molecule has 0 atom stereocenters. The number of pyridine rings is 1. The zero-order valence-corrected chi connectivity index (χ0v) is 11.6. The van der Waals surface area contributed by atoms with Gasteiger partial charge >= 0.3 is 5.97 Å². The first-order valence-corrected chi connectivity index (χ1v) is 6.58. The van der Waals surface area contributed by atoms with E-state index >= 15 is 0 Å². The minimum Gasteiger partial charge on any atom is -0.478 e. The molecule has 20 heavy (non-hydrogen) atoms. The van der Waals surface area contributed by atoms with Crippen LogP contribution in [-0.4, -0.2) is 31.6 Å². The number of carboxylic acids is 1. The number of hydrogen-bond acceptors (Lipinski definition) is 6. The van der Waals surface area contributed by atoms with E-state index in [1.54, 1.807) is 0 Å². The van der Waals surface area contributed by atoms with Gasteiger partial charge in [-0.2, -0.15) is 0 Å². The van der Waals surface area contributed by atoms with Gasteiger partial charge in [-0.25, -0.2) is 4.79 Å². The van der Waals surface area contributed by atoms with Gasteiger partial charge in [0.2, 0.25) is 0 Å². The number of hydrogen-bond donors (Lipinski definition) is 2. The predicted octanol–water partition coefficient (Wildman–Crippen LogP) is 2.01. The van der Waals surface area contributed by atoms with Crippen LogP contribution in [0.3, 0.4) is 0 Å². The number of aromatic nitrogens is 3. The topological polar surface area (TPSA) is 105 Å². The van der Waals surface area contributed by atoms with Gasteiger partial charge in [-0.1, -0.05) is 18.3 Å². The fourth-order valence-electron chi connectivity index (χ4n) is 1.55. The number of carboxylic acid groups (broad SMARTS) is 1. The number of carbonyl (C=O) groups excluding carboxylic acids is 1. The Morgan fingerprint density at radius 2 is 2.10 bits per heavy atom. The van der Waals surface area contributed by atoms with Gasteiger partial charge in [0.25, 0.3) is 5.91 Å².